The van der Waals surface area contributed by atoms with E-state index in [9.17, 15) is 9.90 Å². The van der Waals surface area contributed by atoms with Crippen LogP contribution in [0.5, 0.6) is 5.75 Å². The van der Waals surface area contributed by atoms with Crippen LogP contribution in [0.3, 0.4) is 0 Å². The van der Waals surface area contributed by atoms with Gasteiger partial charge < -0.3 is 21.1 Å². The van der Waals surface area contributed by atoms with Crippen molar-refractivity contribution in [2.75, 3.05) is 26.2 Å². The Labute approximate surface area is 190 Å². The van der Waals surface area contributed by atoms with Crippen LogP contribution in [0.25, 0.3) is 0 Å². The smallest absolute Gasteiger partial charge is 0.251 e. The normalized spacial score (nSPS) is 11.9. The van der Waals surface area contributed by atoms with Crippen LogP contribution in [-0.4, -0.2) is 43.2 Å². The Bertz CT molecular complexity index is 794. The van der Waals surface area contributed by atoms with E-state index < -0.39 is 0 Å². The Morgan fingerprint density at radius 2 is 1.76 bits per heavy atom. The van der Waals surface area contributed by atoms with Gasteiger partial charge in [0, 0.05) is 37.7 Å². The first kappa shape index (κ1) is 24.7. The van der Waals surface area contributed by atoms with Gasteiger partial charge in [-0.3, -0.25) is 9.79 Å². The van der Waals surface area contributed by atoms with Crippen molar-refractivity contribution in [3.8, 4) is 5.75 Å². The maximum atomic E-state index is 12.1. The quantitative estimate of drug-likeness (QED) is 0.190. The molecule has 0 fully saturated rings. The number of nitrogens with zero attached hydrogens (tertiary/aromatic N) is 1. The van der Waals surface area contributed by atoms with Gasteiger partial charge >= 0.3 is 0 Å². The first-order chi connectivity index (χ1) is 13.5. The van der Waals surface area contributed by atoms with Crippen molar-refractivity contribution in [1.82, 2.24) is 16.0 Å². The van der Waals surface area contributed by atoms with Gasteiger partial charge in [-0.25, -0.2) is 0 Å². The zero-order valence-corrected chi connectivity index (χ0v) is 19.6. The van der Waals surface area contributed by atoms with Crippen molar-refractivity contribution < 1.29 is 9.90 Å². The Balaban J connectivity index is 0.00000420. The van der Waals surface area contributed by atoms with E-state index in [1.807, 2.05) is 6.92 Å². The fourth-order valence-electron chi connectivity index (χ4n) is 2.72. The van der Waals surface area contributed by atoms with E-state index in [0.717, 1.165) is 12.5 Å². The lowest BCUT2D eigenvalue weighted by atomic mass is 10.00. The molecule has 1 atom stereocenters. The summed E-state index contributed by atoms with van der Waals surface area (Å²) in [6, 6.07) is 14.7. The summed E-state index contributed by atoms with van der Waals surface area (Å²) in [5, 5.41) is 18.6. The van der Waals surface area contributed by atoms with Crippen LogP contribution in [0.2, 0.25) is 0 Å². The number of aryl methyl sites for hydroxylation is 1. The highest BCUT2D eigenvalue weighted by molar-refractivity contribution is 14.0. The third kappa shape index (κ3) is 8.72. The van der Waals surface area contributed by atoms with Gasteiger partial charge in [0.25, 0.3) is 5.91 Å². The summed E-state index contributed by atoms with van der Waals surface area (Å²) in [5.41, 5.74) is 3.05. The predicted molar refractivity (Wildman–Crippen MR) is 129 cm³/mol. The average molecular weight is 510 g/mol. The molecule has 7 heteroatoms. The number of rotatable bonds is 8. The van der Waals surface area contributed by atoms with Gasteiger partial charge in [-0.1, -0.05) is 36.8 Å². The third-order valence-corrected chi connectivity index (χ3v) is 4.31. The molecule has 0 spiro atoms. The number of aliphatic imine (C=N–C) groups is 1. The van der Waals surface area contributed by atoms with Crippen molar-refractivity contribution in [2.45, 2.75) is 26.7 Å². The van der Waals surface area contributed by atoms with Gasteiger partial charge in [-0.05, 0) is 43.7 Å². The predicted octanol–water partition coefficient (Wildman–Crippen LogP) is 3.41. The molecule has 0 radical (unpaired) electrons. The number of phenolic OH excluding ortho intramolecular Hbond substituents is 1. The molecule has 0 saturated carbocycles. The minimum atomic E-state index is -0.170. The Morgan fingerprint density at radius 3 is 2.41 bits per heavy atom. The monoisotopic (exact) mass is 510 g/mol. The van der Waals surface area contributed by atoms with E-state index in [2.05, 4.69) is 59.1 Å². The number of carbonyl (C=O) groups excluding carboxylic acids is 1. The average Bonchev–Trinajstić information content (AvgIpc) is 2.69. The first-order valence-electron chi connectivity index (χ1n) is 9.65. The summed E-state index contributed by atoms with van der Waals surface area (Å²) in [4.78, 5) is 16.7. The molecule has 0 aliphatic carbocycles. The molecular formula is C22H31IN4O2. The Morgan fingerprint density at radius 1 is 1.07 bits per heavy atom. The van der Waals surface area contributed by atoms with E-state index in [1.165, 1.54) is 23.3 Å². The number of amides is 1. The molecule has 4 N–H and O–H groups in total. The highest BCUT2D eigenvalue weighted by Crippen LogP contribution is 2.16. The number of nitrogens with one attached hydrogen (secondary N) is 3. The molecule has 0 bridgehead atoms. The number of benzene rings is 2. The number of halogens is 1. The van der Waals surface area contributed by atoms with Crippen molar-refractivity contribution in [2.24, 2.45) is 4.99 Å². The minimum absolute atomic E-state index is 0. The van der Waals surface area contributed by atoms with Crippen LogP contribution in [0.15, 0.2) is 53.5 Å². The fourth-order valence-corrected chi connectivity index (χ4v) is 2.72. The lowest BCUT2D eigenvalue weighted by Crippen LogP contribution is -2.41. The zero-order chi connectivity index (χ0) is 20.4. The van der Waals surface area contributed by atoms with Crippen LogP contribution in [0.1, 0.15) is 41.3 Å². The molecule has 2 aromatic rings. The van der Waals surface area contributed by atoms with Crippen molar-refractivity contribution in [1.29, 1.82) is 0 Å². The molecule has 2 rings (SSSR count). The van der Waals surface area contributed by atoms with Crippen LogP contribution in [0.4, 0.5) is 0 Å². The summed E-state index contributed by atoms with van der Waals surface area (Å²) in [6.45, 7) is 8.76. The second-order valence-corrected chi connectivity index (χ2v) is 6.76. The molecule has 2 aromatic carbocycles. The lowest BCUT2D eigenvalue weighted by Gasteiger charge is -2.14. The second kappa shape index (κ2) is 13.0. The van der Waals surface area contributed by atoms with Crippen LogP contribution < -0.4 is 16.0 Å². The van der Waals surface area contributed by atoms with E-state index in [0.29, 0.717) is 31.1 Å². The molecule has 0 heterocycles. The lowest BCUT2D eigenvalue weighted by molar-refractivity contribution is 0.0954. The number of aromatic hydroxyl groups is 1. The van der Waals surface area contributed by atoms with Crippen molar-refractivity contribution >= 4 is 35.8 Å². The number of hydrogen-bond donors (Lipinski definition) is 4. The topological polar surface area (TPSA) is 85.8 Å². The third-order valence-electron chi connectivity index (χ3n) is 4.31. The first-order valence-corrected chi connectivity index (χ1v) is 9.65. The molecule has 1 unspecified atom stereocenters. The SMILES string of the molecule is CCNC(=NCC(C)c1cccc(C)c1)NCCNC(=O)c1ccc(O)cc1.I. The van der Waals surface area contributed by atoms with Gasteiger partial charge in [0.15, 0.2) is 5.96 Å². The maximum absolute atomic E-state index is 12.1. The summed E-state index contributed by atoms with van der Waals surface area (Å²) in [5.74, 6) is 1.03. The molecule has 0 aliphatic rings. The molecule has 158 valence electrons. The second-order valence-electron chi connectivity index (χ2n) is 6.76. The van der Waals surface area contributed by atoms with Gasteiger partial charge in [0.05, 0.1) is 0 Å². The largest absolute Gasteiger partial charge is 0.508 e. The molecule has 6 nitrogen and oxygen atoms in total. The summed E-state index contributed by atoms with van der Waals surface area (Å²) >= 11 is 0. The van der Waals surface area contributed by atoms with Crippen LogP contribution >= 0.6 is 24.0 Å². The molecule has 0 saturated heterocycles. The highest BCUT2D eigenvalue weighted by Gasteiger charge is 2.07. The zero-order valence-electron chi connectivity index (χ0n) is 17.2. The number of hydrogen-bond acceptors (Lipinski definition) is 3. The van der Waals surface area contributed by atoms with Crippen LogP contribution in [0, 0.1) is 6.92 Å². The minimum Gasteiger partial charge on any atom is -0.508 e. The maximum Gasteiger partial charge on any atom is 0.251 e. The van der Waals surface area contributed by atoms with Crippen molar-refractivity contribution in [3.05, 3.63) is 65.2 Å². The highest BCUT2D eigenvalue weighted by atomic mass is 127. The summed E-state index contributed by atoms with van der Waals surface area (Å²) in [6.07, 6.45) is 0. The Hall–Kier alpha value is -2.29. The fraction of sp³-hybridized carbons (Fsp3) is 0.364. The van der Waals surface area contributed by atoms with Gasteiger partial charge in [-0.15, -0.1) is 24.0 Å². The molecular weight excluding hydrogens is 479 g/mol. The molecule has 1 amide bonds. The number of guanidine groups is 1. The van der Waals surface area contributed by atoms with Gasteiger partial charge in [0.1, 0.15) is 5.75 Å². The van der Waals surface area contributed by atoms with E-state index in [4.69, 9.17) is 0 Å². The van der Waals surface area contributed by atoms with E-state index in [1.54, 1.807) is 12.1 Å². The van der Waals surface area contributed by atoms with Gasteiger partial charge in [0.2, 0.25) is 0 Å². The molecule has 29 heavy (non-hydrogen) atoms. The summed E-state index contributed by atoms with van der Waals surface area (Å²) < 4.78 is 0. The molecule has 0 aliphatic heterocycles. The van der Waals surface area contributed by atoms with Crippen molar-refractivity contribution in [3.63, 3.8) is 0 Å². The molecule has 0 aromatic heterocycles. The van der Waals surface area contributed by atoms with E-state index >= 15 is 0 Å². The number of phenols is 1. The van der Waals surface area contributed by atoms with Gasteiger partial charge in [-0.2, -0.15) is 0 Å². The van der Waals surface area contributed by atoms with Crippen LogP contribution in [-0.2, 0) is 0 Å². The van der Waals surface area contributed by atoms with E-state index in [-0.39, 0.29) is 35.6 Å². The Kier molecular flexibility index (Phi) is 11.1. The standard InChI is InChI=1S/C22H30N4O2.HI/c1-4-23-22(26-15-17(3)19-7-5-6-16(2)14-19)25-13-12-24-21(28)18-8-10-20(27)11-9-18;/h5-11,14,17,27H,4,12-13,15H2,1-3H3,(H,24,28)(H2,23,25,26);1H. The summed E-state index contributed by atoms with van der Waals surface area (Å²) in [7, 11) is 0. The number of carbonyl (C=O) groups is 1.